The molecule has 3 N–H and O–H groups in total. The average molecular weight is 402 g/mol. The fourth-order valence-corrected chi connectivity index (χ4v) is 2.68. The van der Waals surface area contributed by atoms with E-state index in [0.29, 0.717) is 39.7 Å². The van der Waals surface area contributed by atoms with Crippen molar-refractivity contribution in [2.24, 2.45) is 0 Å². The van der Waals surface area contributed by atoms with E-state index in [9.17, 15) is 9.90 Å². The minimum Gasteiger partial charge on any atom is -0.493 e. The summed E-state index contributed by atoms with van der Waals surface area (Å²) < 4.78 is 21.4. The number of hydrogen-bond acceptors (Lipinski definition) is 8. The molecule has 3 rings (SSSR count). The van der Waals surface area contributed by atoms with Crippen LogP contribution in [-0.2, 0) is 0 Å². The molecule has 0 aliphatic heterocycles. The maximum absolute atomic E-state index is 11.9. The number of carbonyl (C=O) groups is 1. The highest BCUT2D eigenvalue weighted by molar-refractivity contribution is 5.84. The second-order valence-electron chi connectivity index (χ2n) is 6.14. The lowest BCUT2D eigenvalue weighted by Crippen LogP contribution is -2.32. The van der Waals surface area contributed by atoms with Crippen LogP contribution in [0, 0.1) is 0 Å². The first-order valence-electron chi connectivity index (χ1n) is 8.75. The topological polar surface area (TPSA) is 128 Å². The minimum atomic E-state index is -0.702. The highest BCUT2D eigenvalue weighted by Gasteiger charge is 2.17. The summed E-state index contributed by atoms with van der Waals surface area (Å²) in [6, 6.07) is 3.50. The number of H-pyrrole nitrogens is 1. The molecule has 0 aliphatic rings. The molecule has 1 aromatic carbocycles. The van der Waals surface area contributed by atoms with Crippen molar-refractivity contribution < 1.29 is 28.8 Å². The van der Waals surface area contributed by atoms with E-state index in [-0.39, 0.29) is 12.3 Å². The van der Waals surface area contributed by atoms with Crippen LogP contribution in [0.3, 0.4) is 0 Å². The van der Waals surface area contributed by atoms with Crippen LogP contribution in [0.4, 0.5) is 4.79 Å². The van der Waals surface area contributed by atoms with E-state index in [1.54, 1.807) is 25.3 Å². The highest BCUT2D eigenvalue weighted by atomic mass is 16.6. The van der Waals surface area contributed by atoms with Gasteiger partial charge in [-0.1, -0.05) is 0 Å². The van der Waals surface area contributed by atoms with Gasteiger partial charge in [-0.2, -0.15) is 0 Å². The number of nitrogens with zero attached hydrogens (tertiary/aromatic N) is 2. The van der Waals surface area contributed by atoms with Gasteiger partial charge in [0.2, 0.25) is 5.75 Å². The number of benzene rings is 1. The van der Waals surface area contributed by atoms with E-state index in [1.165, 1.54) is 27.5 Å². The van der Waals surface area contributed by atoms with E-state index in [2.05, 4.69) is 20.3 Å². The Morgan fingerprint density at radius 2 is 1.86 bits per heavy atom. The molecule has 3 aromatic rings. The summed E-state index contributed by atoms with van der Waals surface area (Å²) in [5.74, 6) is 1.64. The van der Waals surface area contributed by atoms with Crippen LogP contribution >= 0.6 is 0 Å². The predicted octanol–water partition coefficient (Wildman–Crippen LogP) is 2.12. The third-order valence-electron chi connectivity index (χ3n) is 4.05. The van der Waals surface area contributed by atoms with Crippen molar-refractivity contribution in [2.75, 3.05) is 27.9 Å². The van der Waals surface area contributed by atoms with Gasteiger partial charge in [-0.05, 0) is 19.1 Å². The summed E-state index contributed by atoms with van der Waals surface area (Å²) in [6.45, 7) is 1.63. The van der Waals surface area contributed by atoms with Crippen molar-refractivity contribution in [1.29, 1.82) is 0 Å². The summed E-state index contributed by atoms with van der Waals surface area (Å²) in [7, 11) is 4.58. The van der Waals surface area contributed by atoms with Gasteiger partial charge in [0.1, 0.15) is 0 Å². The standard InChI is InChI=1S/C19H22N4O6/c1-10(24)7-22-19(25)29-15-9-21-18-16(15)23-12(8-20-18)11-5-13(26-2)17(28-4)14(6-11)27-3/h5-6,8-10,24H,7H2,1-4H3,(H,20,21)(H,22,25). The van der Waals surface area contributed by atoms with Gasteiger partial charge in [0, 0.05) is 18.3 Å². The Balaban J connectivity index is 1.96. The molecule has 10 heteroatoms. The number of aromatic amines is 1. The number of aliphatic hydroxyl groups is 1. The number of methoxy groups -OCH3 is 3. The molecule has 0 aliphatic carbocycles. The van der Waals surface area contributed by atoms with Crippen molar-refractivity contribution in [3.63, 3.8) is 0 Å². The molecule has 2 heterocycles. The highest BCUT2D eigenvalue weighted by Crippen LogP contribution is 2.41. The van der Waals surface area contributed by atoms with Crippen LogP contribution in [0.25, 0.3) is 22.4 Å². The summed E-state index contributed by atoms with van der Waals surface area (Å²) in [4.78, 5) is 23.7. The smallest absolute Gasteiger partial charge is 0.412 e. The van der Waals surface area contributed by atoms with Gasteiger partial charge in [-0.25, -0.2) is 14.8 Å². The lowest BCUT2D eigenvalue weighted by molar-refractivity contribution is 0.172. The van der Waals surface area contributed by atoms with Gasteiger partial charge in [-0.15, -0.1) is 0 Å². The molecular formula is C19H22N4O6. The van der Waals surface area contributed by atoms with Gasteiger partial charge < -0.3 is 34.4 Å². The Hall–Kier alpha value is -3.53. The number of nitrogens with one attached hydrogen (secondary N) is 2. The molecule has 1 atom stereocenters. The number of fused-ring (bicyclic) bond motifs is 1. The average Bonchev–Trinajstić information content (AvgIpc) is 3.12. The van der Waals surface area contributed by atoms with Crippen molar-refractivity contribution in [1.82, 2.24) is 20.3 Å². The number of hydrogen-bond donors (Lipinski definition) is 3. The van der Waals surface area contributed by atoms with Crippen molar-refractivity contribution >= 4 is 17.3 Å². The molecule has 0 bridgehead atoms. The molecule has 0 radical (unpaired) electrons. The Kier molecular flexibility index (Phi) is 6.03. The first kappa shape index (κ1) is 20.2. The zero-order valence-corrected chi connectivity index (χ0v) is 16.5. The molecule has 29 heavy (non-hydrogen) atoms. The van der Waals surface area contributed by atoms with E-state index in [0.717, 1.165) is 0 Å². The first-order valence-corrected chi connectivity index (χ1v) is 8.75. The molecule has 2 aromatic heterocycles. The number of amides is 1. The summed E-state index contributed by atoms with van der Waals surface area (Å²) in [6.07, 6.45) is 1.69. The van der Waals surface area contributed by atoms with Gasteiger partial charge in [0.25, 0.3) is 0 Å². The van der Waals surface area contributed by atoms with Crippen LogP contribution < -0.4 is 24.3 Å². The second-order valence-corrected chi connectivity index (χ2v) is 6.14. The molecule has 10 nitrogen and oxygen atoms in total. The van der Waals surface area contributed by atoms with Gasteiger partial charge in [0.05, 0.1) is 39.3 Å². The van der Waals surface area contributed by atoms with Crippen molar-refractivity contribution in [2.45, 2.75) is 13.0 Å². The molecule has 1 amide bonds. The lowest BCUT2D eigenvalue weighted by Gasteiger charge is -2.14. The molecule has 0 saturated heterocycles. The van der Waals surface area contributed by atoms with E-state index in [1.807, 2.05) is 0 Å². The molecule has 0 spiro atoms. The van der Waals surface area contributed by atoms with E-state index >= 15 is 0 Å². The Labute approximate surface area is 166 Å². The number of carbonyl (C=O) groups excluding carboxylic acids is 1. The number of aromatic nitrogens is 3. The number of aliphatic hydroxyl groups excluding tert-OH is 1. The van der Waals surface area contributed by atoms with Crippen LogP contribution in [0.15, 0.2) is 24.5 Å². The number of rotatable bonds is 7. The quantitative estimate of drug-likeness (QED) is 0.548. The third-order valence-corrected chi connectivity index (χ3v) is 4.05. The van der Waals surface area contributed by atoms with Crippen molar-refractivity contribution in [3.05, 3.63) is 24.5 Å². The Morgan fingerprint density at radius 1 is 1.17 bits per heavy atom. The van der Waals surface area contributed by atoms with Crippen LogP contribution in [0.2, 0.25) is 0 Å². The molecule has 0 saturated carbocycles. The van der Waals surface area contributed by atoms with Crippen molar-refractivity contribution in [3.8, 4) is 34.3 Å². The summed E-state index contributed by atoms with van der Waals surface area (Å²) in [5, 5.41) is 11.7. The van der Waals surface area contributed by atoms with Gasteiger partial charge in [-0.3, -0.25) is 0 Å². The SMILES string of the molecule is COc1cc(-c2cnc3[nH]cc(OC(=O)NCC(C)O)c3n2)cc(OC)c1OC. The van der Waals surface area contributed by atoms with Crippen LogP contribution in [0.1, 0.15) is 6.92 Å². The first-order chi connectivity index (χ1) is 14.0. The fraction of sp³-hybridized carbons (Fsp3) is 0.316. The second kappa shape index (κ2) is 8.65. The zero-order chi connectivity index (χ0) is 21.0. The minimum absolute atomic E-state index is 0.0730. The summed E-state index contributed by atoms with van der Waals surface area (Å²) in [5.41, 5.74) is 2.04. The Morgan fingerprint density at radius 3 is 2.45 bits per heavy atom. The molecule has 154 valence electrons. The fourth-order valence-electron chi connectivity index (χ4n) is 2.68. The Bertz CT molecular complexity index is 992. The normalized spacial score (nSPS) is 11.8. The van der Waals surface area contributed by atoms with Gasteiger partial charge in [0.15, 0.2) is 28.4 Å². The maximum atomic E-state index is 11.9. The van der Waals surface area contributed by atoms with Crippen LogP contribution in [-0.4, -0.2) is 60.1 Å². The lowest BCUT2D eigenvalue weighted by atomic mass is 10.1. The van der Waals surface area contributed by atoms with E-state index in [4.69, 9.17) is 18.9 Å². The zero-order valence-electron chi connectivity index (χ0n) is 16.5. The molecule has 0 fully saturated rings. The number of ether oxygens (including phenoxy) is 4. The summed E-state index contributed by atoms with van der Waals surface area (Å²) >= 11 is 0. The monoisotopic (exact) mass is 402 g/mol. The molecule has 1 unspecified atom stereocenters. The molecular weight excluding hydrogens is 380 g/mol. The largest absolute Gasteiger partial charge is 0.493 e. The van der Waals surface area contributed by atoms with Crippen LogP contribution in [0.5, 0.6) is 23.0 Å². The predicted molar refractivity (Wildman–Crippen MR) is 105 cm³/mol. The van der Waals surface area contributed by atoms with Gasteiger partial charge >= 0.3 is 6.09 Å². The maximum Gasteiger partial charge on any atom is 0.412 e. The third kappa shape index (κ3) is 4.32. The van der Waals surface area contributed by atoms with E-state index < -0.39 is 12.2 Å².